The van der Waals surface area contributed by atoms with Crippen LogP contribution in [0, 0.1) is 0 Å². The first-order valence-corrected chi connectivity index (χ1v) is 9.25. The van der Waals surface area contributed by atoms with E-state index in [2.05, 4.69) is 0 Å². The van der Waals surface area contributed by atoms with Crippen molar-refractivity contribution in [1.29, 1.82) is 0 Å². The Morgan fingerprint density at radius 3 is 2.44 bits per heavy atom. The van der Waals surface area contributed by atoms with Crippen LogP contribution in [-0.2, 0) is 6.42 Å². The van der Waals surface area contributed by atoms with Crippen molar-refractivity contribution < 1.29 is 19.4 Å². The molecule has 144 valence electrons. The quantitative estimate of drug-likeness (QED) is 0.814. The van der Waals surface area contributed by atoms with E-state index in [1.165, 1.54) is 0 Å². The van der Waals surface area contributed by atoms with Crippen LogP contribution in [0.2, 0.25) is 0 Å². The number of methoxy groups -OCH3 is 1. The number of hydrogen-bond donors (Lipinski definition) is 1. The maximum Gasteiger partial charge on any atom is 0.254 e. The zero-order valence-corrected chi connectivity index (χ0v) is 16.1. The highest BCUT2D eigenvalue weighted by Gasteiger charge is 2.32. The van der Waals surface area contributed by atoms with Crippen molar-refractivity contribution in [3.05, 3.63) is 59.7 Å². The molecule has 1 heterocycles. The lowest BCUT2D eigenvalue weighted by Crippen LogP contribution is -2.56. The molecule has 3 rings (SSSR count). The fourth-order valence-corrected chi connectivity index (χ4v) is 2.99. The first kappa shape index (κ1) is 19.2. The molecule has 1 fully saturated rings. The van der Waals surface area contributed by atoms with Gasteiger partial charge in [-0.15, -0.1) is 0 Å². The van der Waals surface area contributed by atoms with Crippen molar-refractivity contribution in [3.63, 3.8) is 0 Å². The Hall–Kier alpha value is -2.53. The molecule has 0 bridgehead atoms. The number of aliphatic hydroxyl groups is 1. The normalized spacial score (nSPS) is 14.6. The lowest BCUT2D eigenvalue weighted by atomic mass is 9.98. The molecule has 2 aromatic rings. The van der Waals surface area contributed by atoms with Gasteiger partial charge in [-0.3, -0.25) is 4.79 Å². The van der Waals surface area contributed by atoms with Gasteiger partial charge < -0.3 is 19.5 Å². The zero-order chi connectivity index (χ0) is 19.4. The van der Waals surface area contributed by atoms with Gasteiger partial charge >= 0.3 is 0 Å². The number of nitrogens with zero attached hydrogens (tertiary/aromatic N) is 1. The average molecular weight is 369 g/mol. The van der Waals surface area contributed by atoms with E-state index in [-0.39, 0.29) is 12.0 Å². The summed E-state index contributed by atoms with van der Waals surface area (Å²) in [4.78, 5) is 14.4. The Bertz CT molecular complexity index is 774. The van der Waals surface area contributed by atoms with E-state index >= 15 is 0 Å². The molecule has 0 radical (unpaired) electrons. The van der Waals surface area contributed by atoms with Crippen LogP contribution in [0.15, 0.2) is 48.5 Å². The highest BCUT2D eigenvalue weighted by atomic mass is 16.5. The molecule has 0 aromatic heterocycles. The van der Waals surface area contributed by atoms with E-state index in [4.69, 9.17) is 9.47 Å². The van der Waals surface area contributed by atoms with E-state index < -0.39 is 5.60 Å². The molecule has 0 aliphatic carbocycles. The van der Waals surface area contributed by atoms with Crippen LogP contribution in [0.5, 0.6) is 11.5 Å². The van der Waals surface area contributed by atoms with Gasteiger partial charge in [-0.05, 0) is 56.5 Å². The second kappa shape index (κ2) is 8.01. The van der Waals surface area contributed by atoms with Gasteiger partial charge in [0.25, 0.3) is 5.91 Å². The molecule has 0 atom stereocenters. The molecular weight excluding hydrogens is 342 g/mol. The molecule has 0 spiro atoms. The minimum Gasteiger partial charge on any atom is -0.497 e. The number of rotatable bonds is 7. The van der Waals surface area contributed by atoms with Gasteiger partial charge in [0.2, 0.25) is 0 Å². The van der Waals surface area contributed by atoms with E-state index in [0.29, 0.717) is 25.1 Å². The molecule has 1 aliphatic heterocycles. The van der Waals surface area contributed by atoms with Gasteiger partial charge in [-0.1, -0.05) is 18.2 Å². The van der Waals surface area contributed by atoms with Crippen LogP contribution in [0.25, 0.3) is 0 Å². The minimum atomic E-state index is -0.677. The Labute approximate surface area is 160 Å². The summed E-state index contributed by atoms with van der Waals surface area (Å²) in [7, 11) is 1.62. The molecule has 2 aromatic carbocycles. The number of hydrogen-bond acceptors (Lipinski definition) is 4. The van der Waals surface area contributed by atoms with E-state index in [9.17, 15) is 9.90 Å². The first-order chi connectivity index (χ1) is 12.8. The Balaban J connectivity index is 1.49. The molecule has 5 heteroatoms. The SMILES string of the molecule is COc1cccc(OC2CN(C(=O)c3ccc(CCC(C)(C)O)cc3)C2)c1. The van der Waals surface area contributed by atoms with Crippen molar-refractivity contribution in [1.82, 2.24) is 4.90 Å². The summed E-state index contributed by atoms with van der Waals surface area (Å²) in [6.45, 7) is 4.77. The summed E-state index contributed by atoms with van der Waals surface area (Å²) in [5.41, 5.74) is 1.13. The van der Waals surface area contributed by atoms with Crippen molar-refractivity contribution in [2.75, 3.05) is 20.2 Å². The van der Waals surface area contributed by atoms with Crippen LogP contribution in [-0.4, -0.2) is 47.8 Å². The highest BCUT2D eigenvalue weighted by molar-refractivity contribution is 5.94. The van der Waals surface area contributed by atoms with E-state index in [0.717, 1.165) is 23.5 Å². The molecule has 5 nitrogen and oxygen atoms in total. The number of amides is 1. The third kappa shape index (κ3) is 5.23. The third-order valence-electron chi connectivity index (χ3n) is 4.71. The minimum absolute atomic E-state index is 0.00659. The van der Waals surface area contributed by atoms with Crippen LogP contribution in [0.3, 0.4) is 0 Å². The number of benzene rings is 2. The van der Waals surface area contributed by atoms with E-state index in [1.54, 1.807) is 25.9 Å². The zero-order valence-electron chi connectivity index (χ0n) is 16.1. The summed E-state index contributed by atoms with van der Waals surface area (Å²) >= 11 is 0. The Kier molecular flexibility index (Phi) is 5.71. The smallest absolute Gasteiger partial charge is 0.254 e. The predicted octanol–water partition coefficient (Wildman–Crippen LogP) is 3.30. The van der Waals surface area contributed by atoms with Gasteiger partial charge in [0, 0.05) is 11.6 Å². The number of likely N-dealkylation sites (tertiary alicyclic amines) is 1. The van der Waals surface area contributed by atoms with Crippen molar-refractivity contribution >= 4 is 5.91 Å². The van der Waals surface area contributed by atoms with Gasteiger partial charge in [-0.25, -0.2) is 0 Å². The van der Waals surface area contributed by atoms with Crippen molar-refractivity contribution in [2.24, 2.45) is 0 Å². The summed E-state index contributed by atoms with van der Waals surface area (Å²) in [6, 6.07) is 15.1. The molecule has 1 saturated heterocycles. The van der Waals surface area contributed by atoms with Crippen LogP contribution < -0.4 is 9.47 Å². The summed E-state index contributed by atoms with van der Waals surface area (Å²) in [6.07, 6.45) is 1.49. The summed E-state index contributed by atoms with van der Waals surface area (Å²) in [5, 5.41) is 9.81. The summed E-state index contributed by atoms with van der Waals surface area (Å²) < 4.78 is 11.1. The molecule has 1 amide bonds. The Morgan fingerprint density at radius 2 is 1.81 bits per heavy atom. The van der Waals surface area contributed by atoms with Gasteiger partial charge in [0.05, 0.1) is 25.8 Å². The van der Waals surface area contributed by atoms with Crippen LogP contribution >= 0.6 is 0 Å². The number of ether oxygens (including phenoxy) is 2. The van der Waals surface area contributed by atoms with Gasteiger partial charge in [-0.2, -0.15) is 0 Å². The first-order valence-electron chi connectivity index (χ1n) is 9.25. The van der Waals surface area contributed by atoms with Gasteiger partial charge in [0.15, 0.2) is 0 Å². The standard InChI is InChI=1S/C22H27NO4/c1-22(2,25)12-11-16-7-9-17(10-8-16)21(24)23-14-20(15-23)27-19-6-4-5-18(13-19)26-3/h4-10,13,20,25H,11-12,14-15H2,1-3H3. The van der Waals surface area contributed by atoms with Gasteiger partial charge in [0.1, 0.15) is 17.6 Å². The van der Waals surface area contributed by atoms with Crippen molar-refractivity contribution in [3.8, 4) is 11.5 Å². The summed E-state index contributed by atoms with van der Waals surface area (Å²) in [5.74, 6) is 1.53. The maximum absolute atomic E-state index is 12.6. The fraction of sp³-hybridized carbons (Fsp3) is 0.409. The highest BCUT2D eigenvalue weighted by Crippen LogP contribution is 2.24. The fourth-order valence-electron chi connectivity index (χ4n) is 2.99. The molecule has 1 N–H and O–H groups in total. The van der Waals surface area contributed by atoms with Crippen molar-refractivity contribution in [2.45, 2.75) is 38.4 Å². The average Bonchev–Trinajstić information content (AvgIpc) is 2.62. The predicted molar refractivity (Wildman–Crippen MR) is 104 cm³/mol. The monoisotopic (exact) mass is 369 g/mol. The lowest BCUT2D eigenvalue weighted by molar-refractivity contribution is 0.0177. The number of aryl methyl sites for hydroxylation is 1. The third-order valence-corrected chi connectivity index (χ3v) is 4.71. The molecular formula is C22H27NO4. The van der Waals surface area contributed by atoms with E-state index in [1.807, 2.05) is 48.5 Å². The second-order valence-corrected chi connectivity index (χ2v) is 7.64. The molecule has 1 aliphatic rings. The largest absolute Gasteiger partial charge is 0.497 e. The molecule has 0 saturated carbocycles. The topological polar surface area (TPSA) is 59.0 Å². The number of carbonyl (C=O) groups is 1. The molecule has 27 heavy (non-hydrogen) atoms. The Morgan fingerprint density at radius 1 is 1.15 bits per heavy atom. The van der Waals surface area contributed by atoms with Crippen LogP contribution in [0.1, 0.15) is 36.2 Å². The second-order valence-electron chi connectivity index (χ2n) is 7.64. The van der Waals surface area contributed by atoms with Crippen LogP contribution in [0.4, 0.5) is 0 Å². The molecule has 0 unspecified atom stereocenters. The maximum atomic E-state index is 12.6. The lowest BCUT2D eigenvalue weighted by Gasteiger charge is -2.39. The number of carbonyl (C=O) groups excluding carboxylic acids is 1.